The van der Waals surface area contributed by atoms with Gasteiger partial charge >= 0.3 is 5.97 Å². The molecule has 0 bridgehead atoms. The fourth-order valence-corrected chi connectivity index (χ4v) is 0.676. The monoisotopic (exact) mass is 175 g/mol. The molecule has 0 fully saturated rings. The number of hydrogen-bond acceptors (Lipinski definition) is 4. The average molecular weight is 175 g/mol. The second-order valence-corrected chi connectivity index (χ2v) is 2.69. The van der Waals surface area contributed by atoms with E-state index in [1.807, 2.05) is 0 Å². The maximum atomic E-state index is 10.8. The summed E-state index contributed by atoms with van der Waals surface area (Å²) in [7, 11) is 0. The Bertz CT molecular complexity index is 192. The van der Waals surface area contributed by atoms with Crippen molar-refractivity contribution in [2.45, 2.75) is 25.3 Å². The summed E-state index contributed by atoms with van der Waals surface area (Å²) in [5.41, 5.74) is 3.43. The predicted molar refractivity (Wildman–Crippen MR) is 41.6 cm³/mol. The number of carboxylic acid groups (broad SMARTS) is 1. The largest absolute Gasteiger partial charge is 0.480 e. The highest BCUT2D eigenvalue weighted by Gasteiger charge is 2.35. The maximum absolute atomic E-state index is 10.8. The average Bonchev–Trinajstić information content (AvgIpc) is 2.03. The summed E-state index contributed by atoms with van der Waals surface area (Å²) in [6, 6.07) is 0. The predicted octanol–water partition coefficient (Wildman–Crippen LogP) is -0.870. The summed E-state index contributed by atoms with van der Waals surface area (Å²) in [4.78, 5) is 21.3. The maximum Gasteiger partial charge on any atom is 0.326 e. The molecule has 0 aromatic rings. The Labute approximate surface area is 70.2 Å². The lowest BCUT2D eigenvalue weighted by Gasteiger charge is -2.20. The van der Waals surface area contributed by atoms with Crippen LogP contribution in [0.3, 0.4) is 0 Å². The van der Waals surface area contributed by atoms with E-state index in [9.17, 15) is 9.59 Å². The molecule has 1 unspecified atom stereocenters. The third-order valence-electron chi connectivity index (χ3n) is 1.62. The topological polar surface area (TPSA) is 101 Å². The zero-order valence-electron chi connectivity index (χ0n) is 6.91. The number of Topliss-reactive ketones (excluding diaryl/α,β-unsaturated/α-hetero) is 1. The van der Waals surface area contributed by atoms with Crippen LogP contribution >= 0.6 is 0 Å². The van der Waals surface area contributed by atoms with Crippen molar-refractivity contribution in [2.24, 2.45) is 5.73 Å². The van der Waals surface area contributed by atoms with Crippen molar-refractivity contribution in [3.05, 3.63) is 0 Å². The van der Waals surface area contributed by atoms with Gasteiger partial charge in [-0.25, -0.2) is 0 Å². The number of hydrogen-bond donors (Lipinski definition) is 3. The summed E-state index contributed by atoms with van der Waals surface area (Å²) in [6.45, 7) is 0.885. The van der Waals surface area contributed by atoms with Gasteiger partial charge in [-0.15, -0.1) is 0 Å². The van der Waals surface area contributed by atoms with Gasteiger partial charge in [-0.1, -0.05) is 6.92 Å². The van der Waals surface area contributed by atoms with Crippen LogP contribution < -0.4 is 5.73 Å². The van der Waals surface area contributed by atoms with Crippen molar-refractivity contribution in [1.82, 2.24) is 0 Å². The molecule has 0 saturated carbocycles. The van der Waals surface area contributed by atoms with Crippen LogP contribution in [0.2, 0.25) is 0 Å². The number of aliphatic hydroxyl groups excluding tert-OH is 1. The number of rotatable bonds is 5. The van der Waals surface area contributed by atoms with E-state index in [1.165, 1.54) is 0 Å². The van der Waals surface area contributed by atoms with E-state index < -0.39 is 18.1 Å². The number of carbonyl (C=O) groups is 2. The number of carbonyl (C=O) groups excluding carboxylic acids is 1. The Morgan fingerprint density at radius 3 is 2.25 bits per heavy atom. The van der Waals surface area contributed by atoms with Gasteiger partial charge in [0, 0.05) is 12.8 Å². The quantitative estimate of drug-likeness (QED) is 0.504. The standard InChI is InChI=1S/C7H13NO4/c1-2-5(10)3-7(8,4-9)6(11)12/h9H,2-4,8H2,1H3,(H,11,12). The van der Waals surface area contributed by atoms with Crippen molar-refractivity contribution < 1.29 is 19.8 Å². The molecule has 70 valence electrons. The molecular weight excluding hydrogens is 162 g/mol. The molecule has 1 atom stereocenters. The third-order valence-corrected chi connectivity index (χ3v) is 1.62. The van der Waals surface area contributed by atoms with Crippen LogP contribution in [0.15, 0.2) is 0 Å². The molecule has 4 N–H and O–H groups in total. The molecule has 5 heteroatoms. The highest BCUT2D eigenvalue weighted by molar-refractivity contribution is 5.88. The van der Waals surface area contributed by atoms with Gasteiger partial charge in [-0.2, -0.15) is 0 Å². The Kier molecular flexibility index (Phi) is 3.85. The van der Waals surface area contributed by atoms with Gasteiger partial charge < -0.3 is 15.9 Å². The van der Waals surface area contributed by atoms with E-state index in [-0.39, 0.29) is 18.6 Å². The normalized spacial score (nSPS) is 15.2. The first kappa shape index (κ1) is 11.1. The number of aliphatic carboxylic acids is 1. The van der Waals surface area contributed by atoms with Gasteiger partial charge in [0.25, 0.3) is 0 Å². The van der Waals surface area contributed by atoms with Crippen LogP contribution in [0.25, 0.3) is 0 Å². The third kappa shape index (κ3) is 2.60. The van der Waals surface area contributed by atoms with Crippen molar-refractivity contribution >= 4 is 11.8 Å². The highest BCUT2D eigenvalue weighted by Crippen LogP contribution is 2.08. The molecule has 0 aliphatic carbocycles. The number of aliphatic hydroxyl groups is 1. The number of carboxylic acids is 1. The zero-order chi connectivity index (χ0) is 9.78. The Morgan fingerprint density at radius 2 is 2.00 bits per heavy atom. The van der Waals surface area contributed by atoms with E-state index in [0.717, 1.165) is 0 Å². The van der Waals surface area contributed by atoms with E-state index >= 15 is 0 Å². The highest BCUT2D eigenvalue weighted by atomic mass is 16.4. The van der Waals surface area contributed by atoms with Gasteiger partial charge in [0.15, 0.2) is 0 Å². The molecule has 0 aliphatic heterocycles. The summed E-state index contributed by atoms with van der Waals surface area (Å²) in [6.07, 6.45) is -0.0957. The molecule has 5 nitrogen and oxygen atoms in total. The fraction of sp³-hybridized carbons (Fsp3) is 0.714. The van der Waals surface area contributed by atoms with Gasteiger partial charge in [0.2, 0.25) is 0 Å². The molecule has 0 amide bonds. The molecule has 0 aromatic carbocycles. The molecule has 0 aromatic heterocycles. The molecule has 12 heavy (non-hydrogen) atoms. The summed E-state index contributed by atoms with van der Waals surface area (Å²) >= 11 is 0. The van der Waals surface area contributed by atoms with E-state index in [1.54, 1.807) is 6.92 Å². The Hall–Kier alpha value is -0.940. The number of ketones is 1. The Balaban J connectivity index is 4.34. The van der Waals surface area contributed by atoms with Gasteiger partial charge in [-0.05, 0) is 0 Å². The van der Waals surface area contributed by atoms with Crippen LogP contribution in [0.1, 0.15) is 19.8 Å². The molecular formula is C7H13NO4. The lowest BCUT2D eigenvalue weighted by molar-refractivity contribution is -0.147. The van der Waals surface area contributed by atoms with Gasteiger partial charge in [-0.3, -0.25) is 9.59 Å². The van der Waals surface area contributed by atoms with Crippen LogP contribution in [0.5, 0.6) is 0 Å². The Morgan fingerprint density at radius 1 is 1.50 bits per heavy atom. The summed E-state index contributed by atoms with van der Waals surface area (Å²) in [5.74, 6) is -1.62. The van der Waals surface area contributed by atoms with E-state index in [0.29, 0.717) is 0 Å². The first-order chi connectivity index (χ1) is 5.46. The summed E-state index contributed by atoms with van der Waals surface area (Å²) < 4.78 is 0. The SMILES string of the molecule is CCC(=O)CC(N)(CO)C(=O)O. The first-order valence-electron chi connectivity index (χ1n) is 3.61. The van der Waals surface area contributed by atoms with Crippen molar-refractivity contribution in [2.75, 3.05) is 6.61 Å². The fourth-order valence-electron chi connectivity index (χ4n) is 0.676. The van der Waals surface area contributed by atoms with Crippen LogP contribution in [-0.2, 0) is 9.59 Å². The second-order valence-electron chi connectivity index (χ2n) is 2.69. The van der Waals surface area contributed by atoms with E-state index in [4.69, 9.17) is 15.9 Å². The van der Waals surface area contributed by atoms with Crippen molar-refractivity contribution in [1.29, 1.82) is 0 Å². The number of nitrogens with two attached hydrogens (primary N) is 1. The zero-order valence-corrected chi connectivity index (χ0v) is 6.91. The smallest absolute Gasteiger partial charge is 0.326 e. The minimum atomic E-state index is -1.81. The molecule has 0 aliphatic rings. The van der Waals surface area contributed by atoms with Crippen LogP contribution in [0.4, 0.5) is 0 Å². The lowest BCUT2D eigenvalue weighted by Crippen LogP contribution is -2.52. The molecule has 0 heterocycles. The second kappa shape index (κ2) is 4.18. The summed E-state index contributed by atoms with van der Waals surface area (Å²) in [5, 5.41) is 17.2. The minimum Gasteiger partial charge on any atom is -0.480 e. The van der Waals surface area contributed by atoms with Crippen molar-refractivity contribution in [3.63, 3.8) is 0 Å². The molecule has 0 spiro atoms. The van der Waals surface area contributed by atoms with Crippen LogP contribution in [0, 0.1) is 0 Å². The van der Waals surface area contributed by atoms with Crippen LogP contribution in [-0.4, -0.2) is 34.1 Å². The minimum absolute atomic E-state index is 0.228. The molecule has 0 rings (SSSR count). The molecule has 0 radical (unpaired) electrons. The van der Waals surface area contributed by atoms with Gasteiger partial charge in [0.05, 0.1) is 6.61 Å². The molecule has 0 saturated heterocycles. The van der Waals surface area contributed by atoms with Crippen molar-refractivity contribution in [3.8, 4) is 0 Å². The van der Waals surface area contributed by atoms with Gasteiger partial charge in [0.1, 0.15) is 11.3 Å². The lowest BCUT2D eigenvalue weighted by atomic mass is 9.94. The first-order valence-corrected chi connectivity index (χ1v) is 3.61. The van der Waals surface area contributed by atoms with E-state index in [2.05, 4.69) is 0 Å².